The lowest BCUT2D eigenvalue weighted by Crippen LogP contribution is -2.50. The van der Waals surface area contributed by atoms with E-state index in [1.165, 1.54) is 18.4 Å². The Morgan fingerprint density at radius 1 is 1.32 bits per heavy atom. The maximum atomic E-state index is 13.6. The first-order chi connectivity index (χ1) is 9.10. The van der Waals surface area contributed by atoms with E-state index in [1.807, 2.05) is 26.0 Å². The molecule has 0 saturated carbocycles. The Kier molecular flexibility index (Phi) is 4.94. The molecule has 0 radical (unpaired) electrons. The molecule has 1 heterocycles. The number of nitrogens with one attached hydrogen (secondary N) is 1. The van der Waals surface area contributed by atoms with Gasteiger partial charge in [-0.3, -0.25) is 4.90 Å². The summed E-state index contributed by atoms with van der Waals surface area (Å²) in [5.41, 5.74) is 2.75. The molecule has 0 amide bonds. The Morgan fingerprint density at radius 3 is 2.63 bits per heavy atom. The molecule has 0 aromatic heterocycles. The zero-order valence-electron chi connectivity index (χ0n) is 12.3. The molecule has 19 heavy (non-hydrogen) atoms. The molecule has 1 aromatic rings. The molecular formula is C16H25FN2. The molecule has 1 atom stereocenters. The zero-order chi connectivity index (χ0) is 13.8. The first-order valence-corrected chi connectivity index (χ1v) is 7.31. The smallest absolute Gasteiger partial charge is 0.129 e. The van der Waals surface area contributed by atoms with E-state index in [2.05, 4.69) is 17.1 Å². The van der Waals surface area contributed by atoms with Crippen LogP contribution in [-0.2, 0) is 6.54 Å². The van der Waals surface area contributed by atoms with Crippen LogP contribution in [0.5, 0.6) is 0 Å². The Labute approximate surface area is 116 Å². The highest BCUT2D eigenvalue weighted by Gasteiger charge is 2.18. The molecule has 1 saturated heterocycles. The van der Waals surface area contributed by atoms with Crippen LogP contribution in [0, 0.1) is 19.7 Å². The lowest BCUT2D eigenvalue weighted by molar-refractivity contribution is 0.187. The number of rotatable bonds is 4. The van der Waals surface area contributed by atoms with Crippen molar-refractivity contribution in [2.45, 2.75) is 46.2 Å². The van der Waals surface area contributed by atoms with Gasteiger partial charge in [0.05, 0.1) is 0 Å². The van der Waals surface area contributed by atoms with Crippen molar-refractivity contribution in [3.63, 3.8) is 0 Å². The van der Waals surface area contributed by atoms with Crippen LogP contribution in [0.3, 0.4) is 0 Å². The summed E-state index contributed by atoms with van der Waals surface area (Å²) in [5.74, 6) is -0.0621. The molecule has 0 aliphatic carbocycles. The van der Waals surface area contributed by atoms with Gasteiger partial charge < -0.3 is 5.32 Å². The number of piperazine rings is 1. The number of aryl methyl sites for hydroxylation is 2. The molecule has 3 heteroatoms. The lowest BCUT2D eigenvalue weighted by Gasteiger charge is -2.33. The first-order valence-electron chi connectivity index (χ1n) is 7.31. The minimum atomic E-state index is -0.0621. The lowest BCUT2D eigenvalue weighted by atomic mass is 10.0. The quantitative estimate of drug-likeness (QED) is 0.899. The van der Waals surface area contributed by atoms with Crippen molar-refractivity contribution >= 4 is 0 Å². The number of hydrogen-bond donors (Lipinski definition) is 1. The third kappa shape index (κ3) is 3.77. The van der Waals surface area contributed by atoms with E-state index in [1.54, 1.807) is 0 Å². The molecule has 1 fully saturated rings. The van der Waals surface area contributed by atoms with Gasteiger partial charge in [-0.15, -0.1) is 0 Å². The topological polar surface area (TPSA) is 15.3 Å². The summed E-state index contributed by atoms with van der Waals surface area (Å²) in [6, 6.07) is 4.58. The molecule has 1 aliphatic rings. The molecule has 106 valence electrons. The van der Waals surface area contributed by atoms with Crippen molar-refractivity contribution < 1.29 is 4.39 Å². The van der Waals surface area contributed by atoms with Crippen molar-refractivity contribution in [2.75, 3.05) is 19.6 Å². The Morgan fingerprint density at radius 2 is 2.00 bits per heavy atom. The monoisotopic (exact) mass is 264 g/mol. The summed E-state index contributed by atoms with van der Waals surface area (Å²) in [7, 11) is 0. The van der Waals surface area contributed by atoms with Gasteiger partial charge in [0.1, 0.15) is 5.82 Å². The van der Waals surface area contributed by atoms with Crippen LogP contribution >= 0.6 is 0 Å². The van der Waals surface area contributed by atoms with E-state index in [0.717, 1.165) is 37.3 Å². The predicted octanol–water partition coefficient (Wildman–Crippen LogP) is 3.02. The van der Waals surface area contributed by atoms with E-state index < -0.39 is 0 Å². The standard InChI is InChI=1S/C16H25FN2/c1-4-5-15-11-19(7-6-18-15)10-14-8-12(2)16(17)13(3)9-14/h8-9,15,18H,4-7,10-11H2,1-3H3. The fourth-order valence-corrected chi connectivity index (χ4v) is 2.96. The predicted molar refractivity (Wildman–Crippen MR) is 77.8 cm³/mol. The third-order valence-electron chi connectivity index (χ3n) is 3.88. The number of halogens is 1. The van der Waals surface area contributed by atoms with Crippen molar-refractivity contribution in [1.82, 2.24) is 10.2 Å². The van der Waals surface area contributed by atoms with Crippen LogP contribution < -0.4 is 5.32 Å². The highest BCUT2D eigenvalue weighted by Crippen LogP contribution is 2.17. The first kappa shape index (κ1) is 14.5. The van der Waals surface area contributed by atoms with Crippen molar-refractivity contribution in [2.24, 2.45) is 0 Å². The van der Waals surface area contributed by atoms with Crippen LogP contribution in [0.25, 0.3) is 0 Å². The van der Waals surface area contributed by atoms with E-state index >= 15 is 0 Å². The number of nitrogens with zero attached hydrogens (tertiary/aromatic N) is 1. The fraction of sp³-hybridized carbons (Fsp3) is 0.625. The number of hydrogen-bond acceptors (Lipinski definition) is 2. The summed E-state index contributed by atoms with van der Waals surface area (Å²) in [5, 5.41) is 3.57. The molecule has 2 nitrogen and oxygen atoms in total. The Hall–Kier alpha value is -0.930. The van der Waals surface area contributed by atoms with Gasteiger partial charge in [0.2, 0.25) is 0 Å². The summed E-state index contributed by atoms with van der Waals surface area (Å²) >= 11 is 0. The highest BCUT2D eigenvalue weighted by molar-refractivity contribution is 5.30. The summed E-state index contributed by atoms with van der Waals surface area (Å²) in [6.07, 6.45) is 2.46. The second-order valence-electron chi connectivity index (χ2n) is 5.72. The molecule has 0 bridgehead atoms. The SMILES string of the molecule is CCCC1CN(Cc2cc(C)c(F)c(C)c2)CCN1. The number of benzene rings is 1. The van der Waals surface area contributed by atoms with E-state index in [-0.39, 0.29) is 5.82 Å². The normalized spacial score (nSPS) is 20.7. The summed E-state index contributed by atoms with van der Waals surface area (Å²) < 4.78 is 13.6. The summed E-state index contributed by atoms with van der Waals surface area (Å²) in [4.78, 5) is 2.48. The van der Waals surface area contributed by atoms with E-state index in [9.17, 15) is 4.39 Å². The van der Waals surface area contributed by atoms with Crippen LogP contribution in [-0.4, -0.2) is 30.6 Å². The Bertz CT molecular complexity index is 406. The van der Waals surface area contributed by atoms with Crippen molar-refractivity contribution in [3.05, 3.63) is 34.6 Å². The average Bonchev–Trinajstić information content (AvgIpc) is 2.37. The molecule has 0 spiro atoms. The van der Waals surface area contributed by atoms with Crippen LogP contribution in [0.2, 0.25) is 0 Å². The van der Waals surface area contributed by atoms with Gasteiger partial charge in [0, 0.05) is 32.2 Å². The van der Waals surface area contributed by atoms with Crippen LogP contribution in [0.15, 0.2) is 12.1 Å². The zero-order valence-corrected chi connectivity index (χ0v) is 12.3. The molecule has 1 unspecified atom stereocenters. The van der Waals surface area contributed by atoms with E-state index in [4.69, 9.17) is 0 Å². The van der Waals surface area contributed by atoms with Gasteiger partial charge in [-0.1, -0.05) is 25.5 Å². The van der Waals surface area contributed by atoms with Crippen LogP contribution in [0.4, 0.5) is 4.39 Å². The maximum absolute atomic E-state index is 13.6. The Balaban J connectivity index is 2.00. The molecule has 1 aromatic carbocycles. The summed E-state index contributed by atoms with van der Waals surface area (Å²) in [6.45, 7) is 10.1. The van der Waals surface area contributed by atoms with Gasteiger partial charge in [-0.25, -0.2) is 4.39 Å². The molecule has 1 aliphatic heterocycles. The molecule has 1 N–H and O–H groups in total. The third-order valence-corrected chi connectivity index (χ3v) is 3.88. The minimum absolute atomic E-state index is 0.0621. The fourth-order valence-electron chi connectivity index (χ4n) is 2.96. The highest BCUT2D eigenvalue weighted by atomic mass is 19.1. The minimum Gasteiger partial charge on any atom is -0.311 e. The van der Waals surface area contributed by atoms with Gasteiger partial charge >= 0.3 is 0 Å². The largest absolute Gasteiger partial charge is 0.311 e. The van der Waals surface area contributed by atoms with Crippen molar-refractivity contribution in [1.29, 1.82) is 0 Å². The van der Waals surface area contributed by atoms with Gasteiger partial charge in [-0.2, -0.15) is 0 Å². The van der Waals surface area contributed by atoms with Gasteiger partial charge in [0.25, 0.3) is 0 Å². The van der Waals surface area contributed by atoms with Gasteiger partial charge in [0.15, 0.2) is 0 Å². The molecule has 2 rings (SSSR count). The van der Waals surface area contributed by atoms with Crippen molar-refractivity contribution in [3.8, 4) is 0 Å². The molecular weight excluding hydrogens is 239 g/mol. The second-order valence-corrected chi connectivity index (χ2v) is 5.72. The second kappa shape index (κ2) is 6.49. The van der Waals surface area contributed by atoms with E-state index in [0.29, 0.717) is 6.04 Å². The van der Waals surface area contributed by atoms with Gasteiger partial charge in [-0.05, 0) is 37.0 Å². The average molecular weight is 264 g/mol. The maximum Gasteiger partial charge on any atom is 0.129 e. The van der Waals surface area contributed by atoms with Crippen LogP contribution in [0.1, 0.15) is 36.5 Å².